The monoisotopic (exact) mass is 174 g/mol. The van der Waals surface area contributed by atoms with Crippen LogP contribution in [-0.2, 0) is 0 Å². The fourth-order valence-electron chi connectivity index (χ4n) is 0.731. The van der Waals surface area contributed by atoms with Gasteiger partial charge in [-0.05, 0) is 38.8 Å². The van der Waals surface area contributed by atoms with Crippen LogP contribution in [0.1, 0.15) is 26.5 Å². The number of nitrogens with zero attached hydrogens (tertiary/aromatic N) is 1. The number of aromatic nitrogens is 1. The molecule has 0 amide bonds. The van der Waals surface area contributed by atoms with Crippen molar-refractivity contribution < 1.29 is 0 Å². The van der Waals surface area contributed by atoms with Crippen molar-refractivity contribution in [2.45, 2.75) is 20.8 Å². The Hall–Kier alpha value is -1.49. The molecule has 0 fully saturated rings. The van der Waals surface area contributed by atoms with Gasteiger partial charge in [0.15, 0.2) is 0 Å². The molecule has 0 aliphatic rings. The van der Waals surface area contributed by atoms with E-state index in [-0.39, 0.29) is 5.41 Å². The van der Waals surface area contributed by atoms with E-state index in [2.05, 4.69) is 37.6 Å². The van der Waals surface area contributed by atoms with Crippen LogP contribution < -0.4 is 5.73 Å². The molecule has 2 nitrogen and oxygen atoms in total. The average molecular weight is 174 g/mol. The second-order valence-electron chi connectivity index (χ2n) is 3.98. The molecule has 68 valence electrons. The van der Waals surface area contributed by atoms with Gasteiger partial charge < -0.3 is 5.73 Å². The predicted molar refractivity (Wildman–Crippen MR) is 55.0 cm³/mol. The lowest BCUT2D eigenvalue weighted by atomic mass is 9.98. The van der Waals surface area contributed by atoms with Crippen LogP contribution in [0.3, 0.4) is 0 Å². The molecule has 1 aromatic rings. The molecule has 0 aliphatic heterocycles. The van der Waals surface area contributed by atoms with Crippen molar-refractivity contribution in [3.05, 3.63) is 24.0 Å². The number of nitrogens with two attached hydrogens (primary N) is 1. The molecule has 1 aromatic heterocycles. The van der Waals surface area contributed by atoms with Gasteiger partial charge >= 0.3 is 0 Å². The summed E-state index contributed by atoms with van der Waals surface area (Å²) in [7, 11) is 0. The SMILES string of the molecule is CC(C)(C)C#Cc1ccc(N)cn1. The van der Waals surface area contributed by atoms with Crippen LogP contribution in [0.4, 0.5) is 5.69 Å². The van der Waals surface area contributed by atoms with Gasteiger partial charge in [0.2, 0.25) is 0 Å². The number of pyridine rings is 1. The molecule has 1 rings (SSSR count). The molecule has 0 atom stereocenters. The lowest BCUT2D eigenvalue weighted by Gasteiger charge is -2.06. The lowest BCUT2D eigenvalue weighted by molar-refractivity contribution is 0.571. The first-order chi connectivity index (χ1) is 5.97. The van der Waals surface area contributed by atoms with Gasteiger partial charge in [-0.15, -0.1) is 0 Å². The van der Waals surface area contributed by atoms with E-state index in [1.807, 2.05) is 6.07 Å². The van der Waals surface area contributed by atoms with Crippen LogP contribution in [0.2, 0.25) is 0 Å². The lowest BCUT2D eigenvalue weighted by Crippen LogP contribution is -1.99. The van der Waals surface area contributed by atoms with Gasteiger partial charge in [-0.1, -0.05) is 5.92 Å². The molecule has 0 saturated heterocycles. The van der Waals surface area contributed by atoms with Gasteiger partial charge in [0.05, 0.1) is 11.9 Å². The minimum absolute atomic E-state index is 0.0169. The molecule has 13 heavy (non-hydrogen) atoms. The van der Waals surface area contributed by atoms with E-state index < -0.39 is 0 Å². The molecular formula is C11H14N2. The normalized spacial score (nSPS) is 10.4. The Morgan fingerprint density at radius 2 is 2.00 bits per heavy atom. The zero-order chi connectivity index (χ0) is 9.90. The zero-order valence-electron chi connectivity index (χ0n) is 8.26. The predicted octanol–water partition coefficient (Wildman–Crippen LogP) is 2.06. The second kappa shape index (κ2) is 3.49. The van der Waals surface area contributed by atoms with Crippen LogP contribution in [0, 0.1) is 17.3 Å². The Bertz CT molecular complexity index is 333. The van der Waals surface area contributed by atoms with Crippen molar-refractivity contribution in [2.75, 3.05) is 5.73 Å². The van der Waals surface area contributed by atoms with Gasteiger partial charge in [0, 0.05) is 5.41 Å². The van der Waals surface area contributed by atoms with E-state index >= 15 is 0 Å². The number of hydrogen-bond acceptors (Lipinski definition) is 2. The van der Waals surface area contributed by atoms with Gasteiger partial charge in [0.25, 0.3) is 0 Å². The summed E-state index contributed by atoms with van der Waals surface area (Å²) in [6, 6.07) is 3.63. The highest BCUT2D eigenvalue weighted by Crippen LogP contribution is 2.10. The van der Waals surface area contributed by atoms with E-state index in [0.717, 1.165) is 5.69 Å². The third-order valence-corrected chi connectivity index (χ3v) is 1.35. The molecule has 0 aromatic carbocycles. The first-order valence-electron chi connectivity index (χ1n) is 4.22. The zero-order valence-corrected chi connectivity index (χ0v) is 8.26. The largest absolute Gasteiger partial charge is 0.397 e. The van der Waals surface area contributed by atoms with E-state index in [0.29, 0.717) is 5.69 Å². The van der Waals surface area contributed by atoms with Crippen LogP contribution in [0.5, 0.6) is 0 Å². The number of nitrogen functional groups attached to an aromatic ring is 1. The highest BCUT2D eigenvalue weighted by molar-refractivity contribution is 5.39. The van der Waals surface area contributed by atoms with Crippen molar-refractivity contribution in [3.8, 4) is 11.8 Å². The van der Waals surface area contributed by atoms with Crippen molar-refractivity contribution in [1.29, 1.82) is 0 Å². The van der Waals surface area contributed by atoms with Crippen LogP contribution in [-0.4, -0.2) is 4.98 Å². The molecule has 2 N–H and O–H groups in total. The van der Waals surface area contributed by atoms with Gasteiger partial charge in [-0.25, -0.2) is 4.98 Å². The van der Waals surface area contributed by atoms with Crippen LogP contribution in [0.15, 0.2) is 18.3 Å². The van der Waals surface area contributed by atoms with Gasteiger partial charge in [0.1, 0.15) is 5.69 Å². The molecule has 1 heterocycles. The summed E-state index contributed by atoms with van der Waals surface area (Å²) < 4.78 is 0. The van der Waals surface area contributed by atoms with Crippen LogP contribution in [0.25, 0.3) is 0 Å². The number of hydrogen-bond donors (Lipinski definition) is 1. The Kier molecular flexibility index (Phi) is 2.57. The number of rotatable bonds is 0. The summed E-state index contributed by atoms with van der Waals surface area (Å²) in [6.07, 6.45) is 1.62. The van der Waals surface area contributed by atoms with Crippen molar-refractivity contribution in [1.82, 2.24) is 4.98 Å². The summed E-state index contributed by atoms with van der Waals surface area (Å²) >= 11 is 0. The summed E-state index contributed by atoms with van der Waals surface area (Å²) in [5, 5.41) is 0. The molecule has 0 spiro atoms. The minimum Gasteiger partial charge on any atom is -0.397 e. The molecule has 0 radical (unpaired) electrons. The standard InChI is InChI=1S/C11H14N2/c1-11(2,3)7-6-10-5-4-9(12)8-13-10/h4-5,8H,12H2,1-3H3. The minimum atomic E-state index is 0.0169. The van der Waals surface area contributed by atoms with Crippen molar-refractivity contribution in [3.63, 3.8) is 0 Å². The van der Waals surface area contributed by atoms with E-state index in [9.17, 15) is 0 Å². The summed E-state index contributed by atoms with van der Waals surface area (Å²) in [5.41, 5.74) is 6.95. The quantitative estimate of drug-likeness (QED) is 0.611. The second-order valence-corrected chi connectivity index (χ2v) is 3.98. The molecule has 2 heteroatoms. The first-order valence-corrected chi connectivity index (χ1v) is 4.22. The smallest absolute Gasteiger partial charge is 0.113 e. The first kappa shape index (κ1) is 9.60. The topological polar surface area (TPSA) is 38.9 Å². The molecule has 0 aliphatic carbocycles. The summed E-state index contributed by atoms with van der Waals surface area (Å²) in [4.78, 5) is 4.08. The fourth-order valence-corrected chi connectivity index (χ4v) is 0.731. The molecule has 0 bridgehead atoms. The maximum absolute atomic E-state index is 5.50. The van der Waals surface area contributed by atoms with Gasteiger partial charge in [-0.2, -0.15) is 0 Å². The van der Waals surface area contributed by atoms with E-state index in [1.165, 1.54) is 0 Å². The van der Waals surface area contributed by atoms with Gasteiger partial charge in [-0.3, -0.25) is 0 Å². The van der Waals surface area contributed by atoms with E-state index in [4.69, 9.17) is 5.73 Å². The Morgan fingerprint density at radius 3 is 2.46 bits per heavy atom. The molecule has 0 unspecified atom stereocenters. The maximum Gasteiger partial charge on any atom is 0.113 e. The summed E-state index contributed by atoms with van der Waals surface area (Å²) in [6.45, 7) is 6.20. The highest BCUT2D eigenvalue weighted by Gasteiger charge is 2.03. The maximum atomic E-state index is 5.50. The Labute approximate surface area is 79.2 Å². The number of anilines is 1. The van der Waals surface area contributed by atoms with Crippen molar-refractivity contribution in [2.24, 2.45) is 5.41 Å². The Balaban J connectivity index is 2.85. The van der Waals surface area contributed by atoms with Crippen LogP contribution >= 0.6 is 0 Å². The molecular weight excluding hydrogens is 160 g/mol. The van der Waals surface area contributed by atoms with E-state index in [1.54, 1.807) is 12.3 Å². The van der Waals surface area contributed by atoms with Crippen molar-refractivity contribution >= 4 is 5.69 Å². The third-order valence-electron chi connectivity index (χ3n) is 1.35. The molecule has 0 saturated carbocycles. The highest BCUT2D eigenvalue weighted by atomic mass is 14.7. The summed E-state index contributed by atoms with van der Waals surface area (Å²) in [5.74, 6) is 6.10. The third kappa shape index (κ3) is 3.62. The average Bonchev–Trinajstić information content (AvgIpc) is 2.02. The Morgan fingerprint density at radius 1 is 1.31 bits per heavy atom. The fraction of sp³-hybridized carbons (Fsp3) is 0.364.